The fraction of sp³-hybridized carbons (Fsp3) is 0.312. The zero-order valence-corrected chi connectivity index (χ0v) is 10.5. The number of rotatable bonds is 5. The lowest BCUT2D eigenvalue weighted by molar-refractivity contribution is -0.686. The number of hydrogen-bond donors (Lipinski definition) is 0. The van der Waals surface area contributed by atoms with Gasteiger partial charge < -0.3 is 0 Å². The van der Waals surface area contributed by atoms with E-state index in [-0.39, 0.29) is 0 Å². The van der Waals surface area contributed by atoms with Crippen LogP contribution in [0.2, 0.25) is 0 Å². The van der Waals surface area contributed by atoms with Crippen LogP contribution in [0.15, 0.2) is 54.7 Å². The van der Waals surface area contributed by atoms with E-state index in [0.29, 0.717) is 0 Å². The van der Waals surface area contributed by atoms with E-state index < -0.39 is 0 Å². The second-order valence-electron chi connectivity index (χ2n) is 4.35. The molecule has 2 aromatic rings. The summed E-state index contributed by atoms with van der Waals surface area (Å²) in [7, 11) is 0. The molecule has 0 bridgehead atoms. The van der Waals surface area contributed by atoms with Gasteiger partial charge in [-0.1, -0.05) is 31.5 Å². The van der Waals surface area contributed by atoms with E-state index in [1.165, 1.54) is 30.5 Å². The minimum atomic E-state index is 1.11. The van der Waals surface area contributed by atoms with E-state index in [1.807, 2.05) is 0 Å². The Bertz CT molecular complexity index is 448. The molecule has 1 heterocycles. The summed E-state index contributed by atoms with van der Waals surface area (Å²) in [6, 6.07) is 17.0. The Morgan fingerprint density at radius 2 is 1.65 bits per heavy atom. The lowest BCUT2D eigenvalue weighted by atomic mass is 10.1. The molecule has 0 fully saturated rings. The average molecular weight is 226 g/mol. The first kappa shape index (κ1) is 11.8. The van der Waals surface area contributed by atoms with Crippen molar-refractivity contribution in [2.75, 3.05) is 0 Å². The minimum Gasteiger partial charge on any atom is -0.198 e. The van der Waals surface area contributed by atoms with Crippen molar-refractivity contribution in [3.63, 3.8) is 0 Å². The van der Waals surface area contributed by atoms with Crippen molar-refractivity contribution in [1.29, 1.82) is 0 Å². The zero-order chi connectivity index (χ0) is 11.9. The highest BCUT2D eigenvalue weighted by atomic mass is 14.9. The van der Waals surface area contributed by atoms with E-state index in [2.05, 4.69) is 66.2 Å². The third-order valence-electron chi connectivity index (χ3n) is 3.01. The van der Waals surface area contributed by atoms with Gasteiger partial charge in [0.2, 0.25) is 5.69 Å². The predicted molar refractivity (Wildman–Crippen MR) is 71.6 cm³/mol. The maximum Gasteiger partial charge on any atom is 0.212 e. The molecule has 1 aromatic heterocycles. The van der Waals surface area contributed by atoms with Gasteiger partial charge >= 0.3 is 0 Å². The van der Waals surface area contributed by atoms with E-state index in [1.54, 1.807) is 0 Å². The smallest absolute Gasteiger partial charge is 0.198 e. The summed E-state index contributed by atoms with van der Waals surface area (Å²) in [5.41, 5.74) is 2.61. The Labute approximate surface area is 104 Å². The molecule has 1 heteroatoms. The highest BCUT2D eigenvalue weighted by Crippen LogP contribution is 2.14. The molecule has 0 N–H and O–H groups in total. The SMILES string of the molecule is CCCCC[n+]1ccccc1-c1ccccc1. The van der Waals surface area contributed by atoms with E-state index in [0.717, 1.165) is 6.54 Å². The summed E-state index contributed by atoms with van der Waals surface area (Å²) in [5, 5.41) is 0. The standard InChI is InChI=1S/C16H20N/c1-2-3-8-13-17-14-9-7-12-16(17)15-10-5-4-6-11-15/h4-7,9-12,14H,2-3,8,13H2,1H3/q+1. The highest BCUT2D eigenvalue weighted by molar-refractivity contribution is 5.55. The molecule has 0 unspecified atom stereocenters. The molecule has 0 aliphatic carbocycles. The molecule has 0 aliphatic rings. The van der Waals surface area contributed by atoms with Crippen LogP contribution in [-0.2, 0) is 6.54 Å². The second kappa shape index (κ2) is 6.19. The van der Waals surface area contributed by atoms with Gasteiger partial charge in [-0.3, -0.25) is 0 Å². The maximum absolute atomic E-state index is 2.35. The molecule has 0 amide bonds. The number of aryl methyl sites for hydroxylation is 1. The first-order valence-electron chi connectivity index (χ1n) is 6.45. The minimum absolute atomic E-state index is 1.11. The molecule has 17 heavy (non-hydrogen) atoms. The Morgan fingerprint density at radius 1 is 0.882 bits per heavy atom. The maximum atomic E-state index is 2.35. The van der Waals surface area contributed by atoms with Crippen molar-refractivity contribution in [2.24, 2.45) is 0 Å². The Hall–Kier alpha value is -1.63. The van der Waals surface area contributed by atoms with Crippen LogP contribution in [0.3, 0.4) is 0 Å². The normalized spacial score (nSPS) is 10.4. The van der Waals surface area contributed by atoms with E-state index >= 15 is 0 Å². The van der Waals surface area contributed by atoms with Crippen LogP contribution < -0.4 is 4.57 Å². The van der Waals surface area contributed by atoms with Crippen molar-refractivity contribution in [1.82, 2.24) is 0 Å². The van der Waals surface area contributed by atoms with E-state index in [4.69, 9.17) is 0 Å². The molecule has 0 saturated heterocycles. The number of pyridine rings is 1. The van der Waals surface area contributed by atoms with Crippen LogP contribution in [0.5, 0.6) is 0 Å². The van der Waals surface area contributed by atoms with Crippen molar-refractivity contribution in [3.8, 4) is 11.3 Å². The lowest BCUT2D eigenvalue weighted by Crippen LogP contribution is -2.35. The topological polar surface area (TPSA) is 3.88 Å². The molecule has 1 aromatic carbocycles. The summed E-state index contributed by atoms with van der Waals surface area (Å²) in [6.45, 7) is 3.35. The monoisotopic (exact) mass is 226 g/mol. The fourth-order valence-corrected chi connectivity index (χ4v) is 2.07. The van der Waals surface area contributed by atoms with Gasteiger partial charge in [-0.25, -0.2) is 0 Å². The summed E-state index contributed by atoms with van der Waals surface area (Å²) in [4.78, 5) is 0. The van der Waals surface area contributed by atoms with Gasteiger partial charge in [-0.05, 0) is 24.6 Å². The molecule has 0 aliphatic heterocycles. The van der Waals surface area contributed by atoms with Crippen molar-refractivity contribution in [2.45, 2.75) is 32.7 Å². The summed E-state index contributed by atoms with van der Waals surface area (Å²) in [5.74, 6) is 0. The van der Waals surface area contributed by atoms with Crippen molar-refractivity contribution >= 4 is 0 Å². The number of nitrogens with zero attached hydrogens (tertiary/aromatic N) is 1. The van der Waals surface area contributed by atoms with Gasteiger partial charge in [0.1, 0.15) is 6.54 Å². The van der Waals surface area contributed by atoms with Crippen molar-refractivity contribution < 1.29 is 4.57 Å². The average Bonchev–Trinajstić information content (AvgIpc) is 2.41. The van der Waals surface area contributed by atoms with Crippen LogP contribution >= 0.6 is 0 Å². The van der Waals surface area contributed by atoms with Crippen LogP contribution in [0.4, 0.5) is 0 Å². The molecule has 2 rings (SSSR count). The van der Waals surface area contributed by atoms with Crippen LogP contribution in [0.25, 0.3) is 11.3 Å². The number of aromatic nitrogens is 1. The molecule has 0 spiro atoms. The molecule has 88 valence electrons. The van der Waals surface area contributed by atoms with Crippen molar-refractivity contribution in [3.05, 3.63) is 54.7 Å². The Kier molecular flexibility index (Phi) is 4.31. The summed E-state index contributed by atoms with van der Waals surface area (Å²) in [6.07, 6.45) is 6.01. The van der Waals surface area contributed by atoms with Gasteiger partial charge in [0.25, 0.3) is 0 Å². The second-order valence-corrected chi connectivity index (χ2v) is 4.35. The molecule has 1 nitrogen and oxygen atoms in total. The quantitative estimate of drug-likeness (QED) is 0.539. The fourth-order valence-electron chi connectivity index (χ4n) is 2.07. The zero-order valence-electron chi connectivity index (χ0n) is 10.5. The van der Waals surface area contributed by atoms with Crippen LogP contribution in [-0.4, -0.2) is 0 Å². The predicted octanol–water partition coefficient (Wildman–Crippen LogP) is 3.83. The highest BCUT2D eigenvalue weighted by Gasteiger charge is 2.10. The van der Waals surface area contributed by atoms with Gasteiger partial charge in [0, 0.05) is 24.1 Å². The largest absolute Gasteiger partial charge is 0.212 e. The lowest BCUT2D eigenvalue weighted by Gasteiger charge is -2.03. The first-order chi connectivity index (χ1) is 8.42. The van der Waals surface area contributed by atoms with Gasteiger partial charge in [0.15, 0.2) is 6.20 Å². The third-order valence-corrected chi connectivity index (χ3v) is 3.01. The number of benzene rings is 1. The Morgan fingerprint density at radius 3 is 2.41 bits per heavy atom. The van der Waals surface area contributed by atoms with Gasteiger partial charge in [0.05, 0.1) is 0 Å². The Balaban J connectivity index is 2.22. The molecular weight excluding hydrogens is 206 g/mol. The molecule has 0 atom stereocenters. The third kappa shape index (κ3) is 3.16. The number of hydrogen-bond acceptors (Lipinski definition) is 0. The summed E-state index contributed by atoms with van der Waals surface area (Å²) < 4.78 is 2.35. The van der Waals surface area contributed by atoms with Crippen LogP contribution in [0.1, 0.15) is 26.2 Å². The number of unbranched alkanes of at least 4 members (excludes halogenated alkanes) is 2. The van der Waals surface area contributed by atoms with E-state index in [9.17, 15) is 0 Å². The molecular formula is C16H20N+. The molecule has 0 radical (unpaired) electrons. The molecule has 0 saturated carbocycles. The van der Waals surface area contributed by atoms with Crippen LogP contribution in [0, 0.1) is 0 Å². The van der Waals surface area contributed by atoms with Gasteiger partial charge in [-0.15, -0.1) is 0 Å². The van der Waals surface area contributed by atoms with Gasteiger partial charge in [-0.2, -0.15) is 4.57 Å². The first-order valence-corrected chi connectivity index (χ1v) is 6.45. The summed E-state index contributed by atoms with van der Waals surface area (Å²) >= 11 is 0.